The molecule has 21 heavy (non-hydrogen) atoms. The van der Waals surface area contributed by atoms with Crippen molar-refractivity contribution in [1.29, 1.82) is 0 Å². The van der Waals surface area contributed by atoms with Crippen LogP contribution in [0.1, 0.15) is 43.6 Å². The normalized spacial score (nSPS) is 19.7. The van der Waals surface area contributed by atoms with Crippen molar-refractivity contribution in [3.8, 4) is 0 Å². The molecule has 0 spiro atoms. The third-order valence-electron chi connectivity index (χ3n) is 4.38. The number of amides is 1. The fourth-order valence-electron chi connectivity index (χ4n) is 2.19. The molecule has 1 amide bonds. The van der Waals surface area contributed by atoms with Crippen LogP contribution in [0.2, 0.25) is 0 Å². The van der Waals surface area contributed by atoms with E-state index in [0.717, 1.165) is 0 Å². The van der Waals surface area contributed by atoms with Gasteiger partial charge in [-0.05, 0) is 57.8 Å². The van der Waals surface area contributed by atoms with Gasteiger partial charge >= 0.3 is 7.12 Å². The number of carbonyl (C=O) groups excluding carboxylic acids is 1. The van der Waals surface area contributed by atoms with Gasteiger partial charge in [0.25, 0.3) is 5.91 Å². The van der Waals surface area contributed by atoms with E-state index in [0.29, 0.717) is 11.0 Å². The summed E-state index contributed by atoms with van der Waals surface area (Å²) in [4.78, 5) is 11.7. The van der Waals surface area contributed by atoms with E-state index < -0.39 is 24.1 Å². The third-order valence-corrected chi connectivity index (χ3v) is 4.38. The summed E-state index contributed by atoms with van der Waals surface area (Å²) >= 11 is 0. The van der Waals surface area contributed by atoms with Crippen molar-refractivity contribution >= 4 is 18.5 Å². The van der Waals surface area contributed by atoms with Crippen molar-refractivity contribution in [2.24, 2.45) is 0 Å². The highest BCUT2D eigenvalue weighted by Gasteiger charge is 2.52. The Balaban J connectivity index is 2.46. The van der Waals surface area contributed by atoms with Crippen LogP contribution in [-0.4, -0.2) is 31.3 Å². The van der Waals surface area contributed by atoms with Gasteiger partial charge in [-0.2, -0.15) is 0 Å². The van der Waals surface area contributed by atoms with E-state index in [1.807, 2.05) is 27.7 Å². The van der Waals surface area contributed by atoms with Gasteiger partial charge in [0.2, 0.25) is 0 Å². The lowest BCUT2D eigenvalue weighted by Crippen LogP contribution is -2.41. The molecule has 1 fully saturated rings. The summed E-state index contributed by atoms with van der Waals surface area (Å²) in [7, 11) is 0.822. The first-order chi connectivity index (χ1) is 9.59. The molecule has 1 aromatic rings. The van der Waals surface area contributed by atoms with Gasteiger partial charge in [0, 0.05) is 12.6 Å². The minimum absolute atomic E-state index is 0.255. The molecule has 2 rings (SSSR count). The van der Waals surface area contributed by atoms with Crippen molar-refractivity contribution in [2.75, 3.05) is 7.05 Å². The molecule has 4 nitrogen and oxygen atoms in total. The van der Waals surface area contributed by atoms with Gasteiger partial charge in [0.15, 0.2) is 0 Å². The van der Waals surface area contributed by atoms with Gasteiger partial charge in [-0.15, -0.1) is 0 Å². The zero-order valence-electron chi connectivity index (χ0n) is 13.3. The van der Waals surface area contributed by atoms with E-state index in [2.05, 4.69) is 5.32 Å². The molecule has 0 bridgehead atoms. The smallest absolute Gasteiger partial charge is 0.399 e. The number of carbonyl (C=O) groups is 1. The minimum Gasteiger partial charge on any atom is -0.399 e. The fraction of sp³-hybridized carbons (Fsp3) is 0.533. The maximum absolute atomic E-state index is 14.1. The molecule has 6 heteroatoms. The molecule has 0 atom stereocenters. The zero-order chi connectivity index (χ0) is 16.0. The maximum Gasteiger partial charge on any atom is 0.495 e. The first-order valence-corrected chi connectivity index (χ1v) is 6.97. The molecular formula is C15H21BFNO3. The molecule has 1 aliphatic heterocycles. The summed E-state index contributed by atoms with van der Waals surface area (Å²) in [6.07, 6.45) is 0. The van der Waals surface area contributed by atoms with Crippen molar-refractivity contribution in [3.05, 3.63) is 29.1 Å². The number of nitrogens with one attached hydrogen (secondary N) is 1. The van der Waals surface area contributed by atoms with Crippen LogP contribution in [0.4, 0.5) is 4.39 Å². The van der Waals surface area contributed by atoms with E-state index in [1.54, 1.807) is 13.0 Å². The topological polar surface area (TPSA) is 47.6 Å². The average molecular weight is 293 g/mol. The second kappa shape index (κ2) is 5.11. The Kier molecular flexibility index (Phi) is 3.89. The molecular weight excluding hydrogens is 272 g/mol. The lowest BCUT2D eigenvalue weighted by Gasteiger charge is -2.32. The van der Waals surface area contributed by atoms with Crippen LogP contribution in [0, 0.1) is 12.7 Å². The van der Waals surface area contributed by atoms with Crippen molar-refractivity contribution in [1.82, 2.24) is 5.32 Å². The minimum atomic E-state index is -0.686. The predicted octanol–water partition coefficient (Wildman–Crippen LogP) is 1.79. The Hall–Kier alpha value is -1.40. The molecule has 0 unspecified atom stereocenters. The molecule has 0 radical (unpaired) electrons. The van der Waals surface area contributed by atoms with E-state index in [9.17, 15) is 9.18 Å². The van der Waals surface area contributed by atoms with E-state index in [-0.39, 0.29) is 11.5 Å². The Morgan fingerprint density at radius 2 is 1.71 bits per heavy atom. The second-order valence-corrected chi connectivity index (χ2v) is 6.34. The summed E-state index contributed by atoms with van der Waals surface area (Å²) in [5, 5.41) is 2.49. The Bertz CT molecular complexity index is 571. The molecule has 0 saturated carbocycles. The van der Waals surface area contributed by atoms with Crippen LogP contribution in [-0.2, 0) is 9.31 Å². The monoisotopic (exact) mass is 293 g/mol. The number of hydrogen-bond acceptors (Lipinski definition) is 3. The highest BCUT2D eigenvalue weighted by Crippen LogP contribution is 2.36. The summed E-state index contributed by atoms with van der Waals surface area (Å²) in [6, 6.07) is 2.85. The van der Waals surface area contributed by atoms with Crippen LogP contribution >= 0.6 is 0 Å². The SMILES string of the molecule is CNC(=O)c1cc(F)c(C)c(B2OC(C)(C)C(C)(C)O2)c1. The maximum atomic E-state index is 14.1. The van der Waals surface area contributed by atoms with E-state index in [4.69, 9.17) is 9.31 Å². The molecule has 0 aliphatic carbocycles. The van der Waals surface area contributed by atoms with Gasteiger partial charge in [-0.25, -0.2) is 4.39 Å². The van der Waals surface area contributed by atoms with Crippen molar-refractivity contribution in [2.45, 2.75) is 45.8 Å². The molecule has 1 heterocycles. The van der Waals surface area contributed by atoms with Gasteiger partial charge in [0.05, 0.1) is 11.2 Å². The van der Waals surface area contributed by atoms with Crippen LogP contribution in [0.5, 0.6) is 0 Å². The summed E-state index contributed by atoms with van der Waals surface area (Å²) in [5.74, 6) is -0.785. The Morgan fingerprint density at radius 1 is 1.19 bits per heavy atom. The quantitative estimate of drug-likeness (QED) is 0.846. The zero-order valence-corrected chi connectivity index (χ0v) is 13.3. The summed E-state index contributed by atoms with van der Waals surface area (Å²) in [5.41, 5.74) is 0.214. The van der Waals surface area contributed by atoms with Crippen molar-refractivity contribution < 1.29 is 18.5 Å². The lowest BCUT2D eigenvalue weighted by molar-refractivity contribution is 0.00578. The van der Waals surface area contributed by atoms with Crippen LogP contribution < -0.4 is 10.8 Å². The molecule has 1 aliphatic rings. The molecule has 1 aromatic carbocycles. The fourth-order valence-corrected chi connectivity index (χ4v) is 2.19. The first-order valence-electron chi connectivity index (χ1n) is 6.97. The van der Waals surface area contributed by atoms with Crippen LogP contribution in [0.15, 0.2) is 12.1 Å². The van der Waals surface area contributed by atoms with Crippen LogP contribution in [0.25, 0.3) is 0 Å². The second-order valence-electron chi connectivity index (χ2n) is 6.34. The van der Waals surface area contributed by atoms with Crippen molar-refractivity contribution in [3.63, 3.8) is 0 Å². The summed E-state index contributed by atoms with van der Waals surface area (Å²) < 4.78 is 26.0. The number of rotatable bonds is 2. The van der Waals surface area contributed by atoms with Crippen LogP contribution in [0.3, 0.4) is 0 Å². The molecule has 1 saturated heterocycles. The number of hydrogen-bond donors (Lipinski definition) is 1. The van der Waals surface area contributed by atoms with Gasteiger partial charge in [-0.3, -0.25) is 4.79 Å². The summed E-state index contributed by atoms with van der Waals surface area (Å²) in [6.45, 7) is 9.38. The van der Waals surface area contributed by atoms with E-state index in [1.165, 1.54) is 13.1 Å². The standard InChI is InChI=1S/C15H21BFNO3/c1-9-11(7-10(8-12(9)17)13(19)18-6)16-20-14(2,3)15(4,5)21-16/h7-8H,1-6H3,(H,18,19). The molecule has 114 valence electrons. The average Bonchev–Trinajstić information content (AvgIpc) is 2.60. The van der Waals surface area contributed by atoms with Gasteiger partial charge in [0.1, 0.15) is 5.82 Å². The van der Waals surface area contributed by atoms with Gasteiger partial charge < -0.3 is 14.6 Å². The predicted molar refractivity (Wildman–Crippen MR) is 80.2 cm³/mol. The highest BCUT2D eigenvalue weighted by molar-refractivity contribution is 6.62. The largest absolute Gasteiger partial charge is 0.495 e. The molecule has 0 aromatic heterocycles. The Labute approximate surface area is 125 Å². The Morgan fingerprint density at radius 3 is 2.19 bits per heavy atom. The van der Waals surface area contributed by atoms with Gasteiger partial charge in [-0.1, -0.05) is 0 Å². The van der Waals surface area contributed by atoms with E-state index >= 15 is 0 Å². The molecule has 1 N–H and O–H groups in total. The number of benzene rings is 1. The number of halogens is 1. The third kappa shape index (κ3) is 2.70. The first kappa shape index (κ1) is 16.0. The lowest BCUT2D eigenvalue weighted by atomic mass is 9.75. The highest BCUT2D eigenvalue weighted by atomic mass is 19.1.